The Labute approximate surface area is 93.0 Å². The lowest BCUT2D eigenvalue weighted by molar-refractivity contribution is -0.130. The van der Waals surface area contributed by atoms with Gasteiger partial charge in [0, 0.05) is 6.54 Å². The van der Waals surface area contributed by atoms with Crippen molar-refractivity contribution in [2.75, 3.05) is 40.1 Å². The van der Waals surface area contributed by atoms with E-state index in [4.69, 9.17) is 9.47 Å². The normalized spacial score (nSPS) is 9.88. The van der Waals surface area contributed by atoms with Crippen molar-refractivity contribution in [1.82, 2.24) is 5.32 Å². The van der Waals surface area contributed by atoms with Crippen molar-refractivity contribution >= 4 is 12.1 Å². The van der Waals surface area contributed by atoms with Gasteiger partial charge in [0.2, 0.25) is 0 Å². The zero-order valence-corrected chi connectivity index (χ0v) is 9.16. The first-order valence-corrected chi connectivity index (χ1v) is 4.82. The van der Waals surface area contributed by atoms with E-state index in [0.717, 1.165) is 0 Å². The Morgan fingerprint density at radius 3 is 2.31 bits per heavy atom. The maximum absolute atomic E-state index is 11.7. The summed E-state index contributed by atoms with van der Waals surface area (Å²) < 4.78 is 26.0. The highest BCUT2D eigenvalue weighted by atomic mass is 19.1. The summed E-state index contributed by atoms with van der Waals surface area (Å²) in [7, 11) is 1.27. The number of halogens is 1. The van der Waals surface area contributed by atoms with Crippen molar-refractivity contribution in [2.45, 2.75) is 6.42 Å². The minimum atomic E-state index is -1.39. The number of alkyl carbamates (subject to hydrolysis) is 1. The van der Waals surface area contributed by atoms with E-state index in [1.807, 2.05) is 0 Å². The quantitative estimate of drug-likeness (QED) is 0.460. The van der Waals surface area contributed by atoms with Crippen LogP contribution in [-0.2, 0) is 19.0 Å². The van der Waals surface area contributed by atoms with E-state index >= 15 is 0 Å². The fraction of sp³-hybridized carbons (Fsp3) is 0.778. The molecule has 0 atom stereocenters. The zero-order valence-electron chi connectivity index (χ0n) is 9.16. The Morgan fingerprint density at radius 1 is 1.12 bits per heavy atom. The molecule has 0 spiro atoms. The highest BCUT2D eigenvalue weighted by Gasteiger charge is 1.98. The van der Waals surface area contributed by atoms with Crippen molar-refractivity contribution < 1.29 is 28.2 Å². The summed E-state index contributed by atoms with van der Waals surface area (Å²) >= 11 is 0. The molecule has 1 N–H and O–H groups in total. The zero-order chi connectivity index (χ0) is 12.2. The van der Waals surface area contributed by atoms with E-state index in [0.29, 0.717) is 19.8 Å². The van der Waals surface area contributed by atoms with E-state index in [1.165, 1.54) is 7.11 Å². The number of rotatable bonds is 9. The minimum absolute atomic E-state index is 0.0547. The lowest BCUT2D eigenvalue weighted by atomic mass is 10.5. The third-order valence-electron chi connectivity index (χ3n) is 1.52. The summed E-state index contributed by atoms with van der Waals surface area (Å²) in [5.74, 6) is 0. The maximum atomic E-state index is 11.7. The van der Waals surface area contributed by atoms with Crippen LogP contribution in [0, 0.1) is 0 Å². The van der Waals surface area contributed by atoms with Crippen molar-refractivity contribution in [1.29, 1.82) is 0 Å². The molecule has 0 aromatic carbocycles. The molecule has 0 saturated heterocycles. The SMILES string of the molecule is COC(=O)NCCOCCOCCC(=O)F. The predicted molar refractivity (Wildman–Crippen MR) is 52.8 cm³/mol. The van der Waals surface area contributed by atoms with Gasteiger partial charge in [0.05, 0.1) is 40.0 Å². The van der Waals surface area contributed by atoms with Gasteiger partial charge < -0.3 is 19.5 Å². The summed E-state index contributed by atoms with van der Waals surface area (Å²) in [5.41, 5.74) is 0. The summed E-state index contributed by atoms with van der Waals surface area (Å²) in [6.07, 6.45) is -0.745. The molecule has 0 fully saturated rings. The number of carbonyl (C=O) groups excluding carboxylic acids is 2. The van der Waals surface area contributed by atoms with Gasteiger partial charge in [0.15, 0.2) is 0 Å². The molecular weight excluding hydrogens is 221 g/mol. The molecule has 0 aliphatic heterocycles. The Bertz CT molecular complexity index is 212. The van der Waals surface area contributed by atoms with Gasteiger partial charge in [-0.25, -0.2) is 4.79 Å². The molecule has 0 saturated carbocycles. The molecule has 0 rings (SSSR count). The molecule has 0 aromatic heterocycles. The molecule has 7 heteroatoms. The highest BCUT2D eigenvalue weighted by molar-refractivity contribution is 5.67. The van der Waals surface area contributed by atoms with Crippen molar-refractivity contribution in [2.24, 2.45) is 0 Å². The van der Waals surface area contributed by atoms with E-state index in [9.17, 15) is 14.0 Å². The van der Waals surface area contributed by atoms with Crippen LogP contribution in [0.5, 0.6) is 0 Å². The smallest absolute Gasteiger partial charge is 0.406 e. The summed E-state index contributed by atoms with van der Waals surface area (Å²) in [5, 5.41) is 2.43. The van der Waals surface area contributed by atoms with Gasteiger partial charge in [-0.3, -0.25) is 4.79 Å². The van der Waals surface area contributed by atoms with Crippen molar-refractivity contribution in [3.63, 3.8) is 0 Å². The van der Waals surface area contributed by atoms with Crippen molar-refractivity contribution in [3.05, 3.63) is 0 Å². The number of methoxy groups -OCH3 is 1. The van der Waals surface area contributed by atoms with Crippen LogP contribution in [0.25, 0.3) is 0 Å². The second-order valence-electron chi connectivity index (χ2n) is 2.75. The molecule has 0 aliphatic carbocycles. The van der Waals surface area contributed by atoms with Crippen LogP contribution >= 0.6 is 0 Å². The average Bonchev–Trinajstić information content (AvgIpc) is 2.26. The molecule has 6 nitrogen and oxygen atoms in total. The number of carbonyl (C=O) groups is 2. The van der Waals surface area contributed by atoms with Crippen LogP contribution < -0.4 is 5.32 Å². The third-order valence-corrected chi connectivity index (χ3v) is 1.52. The number of hydrogen-bond acceptors (Lipinski definition) is 5. The Morgan fingerprint density at radius 2 is 1.75 bits per heavy atom. The number of ether oxygens (including phenoxy) is 3. The van der Waals surface area contributed by atoms with Gasteiger partial charge in [-0.2, -0.15) is 4.39 Å². The summed E-state index contributed by atoms with van der Waals surface area (Å²) in [4.78, 5) is 20.4. The third kappa shape index (κ3) is 10.9. The molecule has 0 unspecified atom stereocenters. The number of amides is 1. The second-order valence-corrected chi connectivity index (χ2v) is 2.75. The van der Waals surface area contributed by atoms with Gasteiger partial charge in [-0.15, -0.1) is 0 Å². The lowest BCUT2D eigenvalue weighted by Gasteiger charge is -2.05. The summed E-state index contributed by atoms with van der Waals surface area (Å²) in [6, 6.07) is -1.39. The molecule has 1 amide bonds. The first-order chi connectivity index (χ1) is 7.66. The first kappa shape index (κ1) is 14.8. The molecule has 16 heavy (non-hydrogen) atoms. The number of nitrogens with one attached hydrogen (secondary N) is 1. The number of hydrogen-bond donors (Lipinski definition) is 1. The Hall–Kier alpha value is -1.21. The predicted octanol–water partition coefficient (Wildman–Crippen LogP) is 0.262. The van der Waals surface area contributed by atoms with Gasteiger partial charge in [0.1, 0.15) is 0 Å². The van der Waals surface area contributed by atoms with E-state index in [-0.39, 0.29) is 19.6 Å². The standard InChI is InChI=1S/C9H16FNO5/c1-14-9(13)11-3-5-16-7-6-15-4-2-8(10)12/h2-7H2,1H3,(H,11,13). The van der Waals surface area contributed by atoms with Crippen LogP contribution in [0.2, 0.25) is 0 Å². The molecule has 0 aliphatic rings. The van der Waals surface area contributed by atoms with Crippen LogP contribution in [0.15, 0.2) is 0 Å². The molecule has 0 heterocycles. The topological polar surface area (TPSA) is 73.9 Å². The molecule has 0 radical (unpaired) electrons. The van der Waals surface area contributed by atoms with Crippen LogP contribution in [0.3, 0.4) is 0 Å². The van der Waals surface area contributed by atoms with E-state index in [2.05, 4.69) is 10.1 Å². The van der Waals surface area contributed by atoms with Crippen LogP contribution in [0.4, 0.5) is 9.18 Å². The average molecular weight is 237 g/mol. The van der Waals surface area contributed by atoms with Gasteiger partial charge in [-0.1, -0.05) is 0 Å². The fourth-order valence-electron chi connectivity index (χ4n) is 0.772. The summed E-state index contributed by atoms with van der Waals surface area (Å²) in [6.45, 7) is 1.34. The largest absolute Gasteiger partial charge is 0.453 e. The molecule has 94 valence electrons. The Kier molecular flexibility index (Phi) is 9.53. The molecule has 0 bridgehead atoms. The van der Waals surface area contributed by atoms with Gasteiger partial charge in [0.25, 0.3) is 0 Å². The maximum Gasteiger partial charge on any atom is 0.406 e. The molecular formula is C9H16FNO5. The van der Waals surface area contributed by atoms with E-state index < -0.39 is 12.1 Å². The van der Waals surface area contributed by atoms with Crippen LogP contribution in [0.1, 0.15) is 6.42 Å². The van der Waals surface area contributed by atoms with Gasteiger partial charge in [-0.05, 0) is 0 Å². The van der Waals surface area contributed by atoms with Gasteiger partial charge >= 0.3 is 12.1 Å². The Balaban J connectivity index is 3.04. The minimum Gasteiger partial charge on any atom is -0.453 e. The fourth-order valence-corrected chi connectivity index (χ4v) is 0.772. The highest BCUT2D eigenvalue weighted by Crippen LogP contribution is 1.86. The lowest BCUT2D eigenvalue weighted by Crippen LogP contribution is -2.27. The molecule has 0 aromatic rings. The second kappa shape index (κ2) is 10.3. The van der Waals surface area contributed by atoms with Crippen LogP contribution in [-0.4, -0.2) is 52.2 Å². The first-order valence-electron chi connectivity index (χ1n) is 4.82. The van der Waals surface area contributed by atoms with Crippen molar-refractivity contribution in [3.8, 4) is 0 Å². The monoisotopic (exact) mass is 237 g/mol. The van der Waals surface area contributed by atoms with E-state index in [1.54, 1.807) is 0 Å².